The fourth-order valence-electron chi connectivity index (χ4n) is 3.82. The Morgan fingerprint density at radius 1 is 1.31 bits per heavy atom. The number of amides is 2. The van der Waals surface area contributed by atoms with E-state index in [-0.39, 0.29) is 17.8 Å². The molecule has 1 spiro atoms. The van der Waals surface area contributed by atoms with Crippen LogP contribution >= 0.6 is 11.3 Å². The number of hydrogen-bond donors (Lipinski definition) is 2. The van der Waals surface area contributed by atoms with Crippen LogP contribution in [-0.4, -0.2) is 26.8 Å². The third kappa shape index (κ3) is 2.85. The fraction of sp³-hybridized carbons (Fsp3) is 0.250. The van der Waals surface area contributed by atoms with Crippen LogP contribution < -0.4 is 16.0 Å². The maximum Gasteiger partial charge on any atom is 0.267 e. The van der Waals surface area contributed by atoms with E-state index in [1.807, 2.05) is 25.1 Å². The number of carbonyl (C=O) groups excluding carboxylic acids is 2. The van der Waals surface area contributed by atoms with Gasteiger partial charge in [0.2, 0.25) is 11.9 Å². The first-order chi connectivity index (χ1) is 14.0. The highest BCUT2D eigenvalue weighted by atomic mass is 32.1. The highest BCUT2D eigenvalue weighted by Crippen LogP contribution is 2.53. The van der Waals surface area contributed by atoms with E-state index in [4.69, 9.17) is 5.73 Å². The Kier molecular flexibility index (Phi) is 3.88. The lowest BCUT2D eigenvalue weighted by atomic mass is 9.91. The second kappa shape index (κ2) is 6.35. The molecule has 9 heteroatoms. The van der Waals surface area contributed by atoms with Gasteiger partial charge in [-0.3, -0.25) is 14.6 Å². The molecule has 0 radical (unpaired) electrons. The topological polar surface area (TPSA) is 114 Å². The number of nitrogens with zero attached hydrogens (tertiary/aromatic N) is 4. The summed E-state index contributed by atoms with van der Waals surface area (Å²) in [5, 5.41) is 2.88. The highest BCUT2D eigenvalue weighted by Gasteiger charge is 2.58. The van der Waals surface area contributed by atoms with Crippen molar-refractivity contribution in [2.24, 2.45) is 0 Å². The summed E-state index contributed by atoms with van der Waals surface area (Å²) in [4.78, 5) is 40.5. The number of rotatable bonds is 3. The summed E-state index contributed by atoms with van der Waals surface area (Å²) >= 11 is 1.28. The molecule has 0 unspecified atom stereocenters. The Morgan fingerprint density at radius 3 is 2.86 bits per heavy atom. The number of aryl methyl sites for hydroxylation is 1. The minimum atomic E-state index is -0.598. The monoisotopic (exact) mass is 406 g/mol. The molecule has 146 valence electrons. The Hall–Kier alpha value is -3.33. The Labute approximate surface area is 170 Å². The van der Waals surface area contributed by atoms with Crippen molar-refractivity contribution in [3.63, 3.8) is 0 Å². The summed E-state index contributed by atoms with van der Waals surface area (Å²) < 4.78 is 0. The number of nitrogen functional groups attached to an aromatic ring is 1. The van der Waals surface area contributed by atoms with E-state index in [2.05, 4.69) is 20.3 Å². The van der Waals surface area contributed by atoms with Gasteiger partial charge >= 0.3 is 0 Å². The van der Waals surface area contributed by atoms with Crippen LogP contribution in [-0.2, 0) is 16.8 Å². The number of benzene rings is 1. The average molecular weight is 406 g/mol. The standard InChI is InChI=1S/C20H18N6O2S/c1-11-2-3-13(24-17(27)15-8-22-10-29-15)6-14(11)26-9-12-7-23-19(21)25-16(12)20(4-5-20)18(26)28/h2-3,6-8,10H,4-5,9H2,1H3,(H,24,27)(H2,21,23,25). The number of carbonyl (C=O) groups is 2. The van der Waals surface area contributed by atoms with Crippen molar-refractivity contribution in [1.82, 2.24) is 15.0 Å². The molecule has 2 aliphatic rings. The quantitative estimate of drug-likeness (QED) is 0.691. The first-order valence-electron chi connectivity index (χ1n) is 9.22. The molecule has 0 atom stereocenters. The van der Waals surface area contributed by atoms with Gasteiger partial charge in [-0.15, -0.1) is 11.3 Å². The molecule has 2 amide bonds. The van der Waals surface area contributed by atoms with E-state index in [1.54, 1.807) is 16.6 Å². The molecule has 1 aliphatic heterocycles. The van der Waals surface area contributed by atoms with Gasteiger partial charge < -0.3 is 16.0 Å². The van der Waals surface area contributed by atoms with Gasteiger partial charge in [0.05, 0.1) is 29.4 Å². The maximum atomic E-state index is 13.4. The average Bonchev–Trinajstić information content (AvgIpc) is 3.31. The predicted octanol–water partition coefficient (Wildman–Crippen LogP) is 2.65. The molecule has 2 aromatic heterocycles. The Balaban J connectivity index is 1.50. The van der Waals surface area contributed by atoms with Crippen molar-refractivity contribution < 1.29 is 9.59 Å². The fourth-order valence-corrected chi connectivity index (χ4v) is 4.34. The van der Waals surface area contributed by atoms with Crippen LogP contribution in [0.25, 0.3) is 0 Å². The van der Waals surface area contributed by atoms with Gasteiger partial charge in [0, 0.05) is 23.1 Å². The van der Waals surface area contributed by atoms with Crippen molar-refractivity contribution in [3.05, 3.63) is 57.8 Å². The summed E-state index contributed by atoms with van der Waals surface area (Å²) in [5.41, 5.74) is 10.8. The van der Waals surface area contributed by atoms with Crippen molar-refractivity contribution in [1.29, 1.82) is 0 Å². The van der Waals surface area contributed by atoms with Gasteiger partial charge in [-0.05, 0) is 37.5 Å². The van der Waals surface area contributed by atoms with Crippen LogP contribution in [0.4, 0.5) is 17.3 Å². The van der Waals surface area contributed by atoms with E-state index in [9.17, 15) is 9.59 Å². The lowest BCUT2D eigenvalue weighted by Gasteiger charge is -2.34. The minimum absolute atomic E-state index is 0.0251. The third-order valence-electron chi connectivity index (χ3n) is 5.48. The van der Waals surface area contributed by atoms with Gasteiger partial charge in [-0.2, -0.15) is 0 Å². The minimum Gasteiger partial charge on any atom is -0.368 e. The molecule has 8 nitrogen and oxygen atoms in total. The molecule has 3 heterocycles. The summed E-state index contributed by atoms with van der Waals surface area (Å²) in [5.74, 6) is -0.00229. The molecule has 29 heavy (non-hydrogen) atoms. The van der Waals surface area contributed by atoms with Gasteiger partial charge in [-0.1, -0.05) is 6.07 Å². The van der Waals surface area contributed by atoms with E-state index in [0.717, 1.165) is 35.3 Å². The number of anilines is 3. The molecule has 1 fully saturated rings. The molecular weight excluding hydrogens is 388 g/mol. The lowest BCUT2D eigenvalue weighted by molar-refractivity contribution is -0.121. The summed E-state index contributed by atoms with van der Waals surface area (Å²) in [6, 6.07) is 5.57. The van der Waals surface area contributed by atoms with Crippen LogP contribution in [0.3, 0.4) is 0 Å². The molecule has 0 bridgehead atoms. The lowest BCUT2D eigenvalue weighted by Crippen LogP contribution is -2.45. The second-order valence-corrected chi connectivity index (χ2v) is 8.28. The predicted molar refractivity (Wildman–Crippen MR) is 110 cm³/mol. The molecule has 1 aliphatic carbocycles. The molecular formula is C20H18N6O2S. The number of nitrogens with one attached hydrogen (secondary N) is 1. The zero-order valence-electron chi connectivity index (χ0n) is 15.7. The van der Waals surface area contributed by atoms with E-state index < -0.39 is 5.41 Å². The number of nitrogens with two attached hydrogens (primary N) is 1. The molecule has 1 aromatic carbocycles. The molecule has 0 saturated heterocycles. The molecule has 3 N–H and O–H groups in total. The van der Waals surface area contributed by atoms with Gasteiger partial charge in [0.25, 0.3) is 5.91 Å². The number of thiazole rings is 1. The SMILES string of the molecule is Cc1ccc(NC(=O)c2cncs2)cc1N1Cc2cnc(N)nc2C2(CC2)C1=O. The largest absolute Gasteiger partial charge is 0.368 e. The van der Waals surface area contributed by atoms with E-state index >= 15 is 0 Å². The number of hydrogen-bond acceptors (Lipinski definition) is 7. The summed E-state index contributed by atoms with van der Waals surface area (Å²) in [6.45, 7) is 2.33. The molecule has 5 rings (SSSR count). The van der Waals surface area contributed by atoms with Crippen molar-refractivity contribution >= 4 is 40.5 Å². The van der Waals surface area contributed by atoms with Crippen molar-refractivity contribution in [2.45, 2.75) is 31.7 Å². The molecule has 1 saturated carbocycles. The summed E-state index contributed by atoms with van der Waals surface area (Å²) in [7, 11) is 0. The highest BCUT2D eigenvalue weighted by molar-refractivity contribution is 7.11. The second-order valence-electron chi connectivity index (χ2n) is 7.40. The van der Waals surface area contributed by atoms with E-state index in [1.165, 1.54) is 17.5 Å². The van der Waals surface area contributed by atoms with Crippen molar-refractivity contribution in [3.8, 4) is 0 Å². The summed E-state index contributed by atoms with van der Waals surface area (Å²) in [6.07, 6.45) is 4.75. The normalized spacial score (nSPS) is 16.6. The van der Waals surface area contributed by atoms with Crippen LogP contribution in [0.2, 0.25) is 0 Å². The van der Waals surface area contributed by atoms with Gasteiger partial charge in [0.15, 0.2) is 0 Å². The maximum absolute atomic E-state index is 13.4. The van der Waals surface area contributed by atoms with E-state index in [0.29, 0.717) is 17.1 Å². The van der Waals surface area contributed by atoms with Gasteiger partial charge in [-0.25, -0.2) is 9.97 Å². The Morgan fingerprint density at radius 2 is 2.14 bits per heavy atom. The Bertz CT molecular complexity index is 1140. The van der Waals surface area contributed by atoms with Crippen LogP contribution in [0, 0.1) is 6.92 Å². The van der Waals surface area contributed by atoms with Crippen LogP contribution in [0.1, 0.15) is 39.3 Å². The van der Waals surface area contributed by atoms with Crippen LogP contribution in [0.15, 0.2) is 36.1 Å². The number of fused-ring (bicyclic) bond motifs is 2. The third-order valence-corrected chi connectivity index (χ3v) is 6.26. The van der Waals surface area contributed by atoms with Crippen LogP contribution in [0.5, 0.6) is 0 Å². The van der Waals surface area contributed by atoms with Gasteiger partial charge in [0.1, 0.15) is 4.88 Å². The zero-order valence-corrected chi connectivity index (χ0v) is 16.5. The number of aromatic nitrogens is 3. The first kappa shape index (κ1) is 17.7. The van der Waals surface area contributed by atoms with Crippen molar-refractivity contribution in [2.75, 3.05) is 16.0 Å². The zero-order chi connectivity index (χ0) is 20.2. The smallest absolute Gasteiger partial charge is 0.267 e. The first-order valence-corrected chi connectivity index (χ1v) is 10.1. The molecule has 3 aromatic rings.